The number of hydrogen-bond donors (Lipinski definition) is 1. The van der Waals surface area contributed by atoms with Crippen LogP contribution in [0.5, 0.6) is 11.5 Å². The van der Waals surface area contributed by atoms with E-state index < -0.39 is 0 Å². The molecule has 0 amide bonds. The molecule has 0 unspecified atom stereocenters. The van der Waals surface area contributed by atoms with E-state index >= 15 is 0 Å². The molecule has 0 aliphatic carbocycles. The van der Waals surface area contributed by atoms with Crippen molar-refractivity contribution >= 4 is 27.7 Å². The molecule has 0 atom stereocenters. The fraction of sp³-hybridized carbons (Fsp3) is 0.111. The molecule has 5 aromatic rings. The van der Waals surface area contributed by atoms with Crippen molar-refractivity contribution in [3.8, 4) is 22.8 Å². The van der Waals surface area contributed by atoms with Gasteiger partial charge in [-0.3, -0.25) is 9.59 Å². The van der Waals surface area contributed by atoms with Gasteiger partial charge in [-0.05, 0) is 13.0 Å². The minimum Gasteiger partial charge on any atom is -0.507 e. The van der Waals surface area contributed by atoms with Gasteiger partial charge in [-0.15, -0.1) is 0 Å². The molecule has 2 aromatic heterocycles. The van der Waals surface area contributed by atoms with Gasteiger partial charge in [-0.1, -0.05) is 48.5 Å². The van der Waals surface area contributed by atoms with Gasteiger partial charge in [0.1, 0.15) is 28.2 Å². The van der Waals surface area contributed by atoms with Crippen molar-refractivity contribution in [1.29, 1.82) is 0 Å². The lowest BCUT2D eigenvalue weighted by molar-refractivity contribution is 0.0922. The maximum Gasteiger partial charge on any atom is 0.202 e. The third-order valence-corrected chi connectivity index (χ3v) is 5.89. The molecule has 0 bridgehead atoms. The number of Topliss-reactive ketones (excluding diaryl/α,β-unsaturated/α-hetero) is 1. The largest absolute Gasteiger partial charge is 0.507 e. The van der Waals surface area contributed by atoms with Gasteiger partial charge in [0.2, 0.25) is 5.78 Å². The van der Waals surface area contributed by atoms with Crippen molar-refractivity contribution < 1.29 is 19.1 Å². The maximum atomic E-state index is 13.0. The van der Waals surface area contributed by atoms with E-state index in [4.69, 9.17) is 9.15 Å². The molecule has 33 heavy (non-hydrogen) atoms. The molecule has 0 radical (unpaired) electrons. The van der Waals surface area contributed by atoms with Crippen LogP contribution in [0, 0.1) is 6.92 Å². The summed E-state index contributed by atoms with van der Waals surface area (Å²) in [6.45, 7) is 1.68. The number of aryl methyl sites for hydroxylation is 1. The van der Waals surface area contributed by atoms with E-state index in [1.165, 1.54) is 18.2 Å². The minimum absolute atomic E-state index is 0.0678. The topological polar surface area (TPSA) is 81.7 Å². The Morgan fingerprint density at radius 1 is 1.03 bits per heavy atom. The molecular weight excluding hydrogens is 418 g/mol. The molecule has 0 saturated heterocycles. The average Bonchev–Trinajstić information content (AvgIpc) is 3.08. The first-order chi connectivity index (χ1) is 15.9. The third kappa shape index (κ3) is 3.55. The number of ketones is 1. The fourth-order valence-corrected chi connectivity index (χ4v) is 4.17. The van der Waals surface area contributed by atoms with Crippen LogP contribution >= 0.6 is 0 Å². The summed E-state index contributed by atoms with van der Waals surface area (Å²) in [5, 5.41) is 11.4. The van der Waals surface area contributed by atoms with Crippen LogP contribution in [-0.4, -0.2) is 22.1 Å². The molecule has 1 N–H and O–H groups in total. The van der Waals surface area contributed by atoms with Crippen molar-refractivity contribution in [1.82, 2.24) is 4.57 Å². The third-order valence-electron chi connectivity index (χ3n) is 5.89. The van der Waals surface area contributed by atoms with Crippen LogP contribution in [0.2, 0.25) is 0 Å². The van der Waals surface area contributed by atoms with E-state index in [1.807, 2.05) is 73.1 Å². The number of nitrogens with zero attached hydrogens (tertiary/aromatic N) is 1. The number of benzene rings is 3. The van der Waals surface area contributed by atoms with Crippen LogP contribution in [0.25, 0.3) is 33.2 Å². The van der Waals surface area contributed by atoms with Gasteiger partial charge in [-0.2, -0.15) is 0 Å². The highest BCUT2D eigenvalue weighted by Gasteiger charge is 2.19. The van der Waals surface area contributed by atoms with Gasteiger partial charge < -0.3 is 18.8 Å². The van der Waals surface area contributed by atoms with E-state index in [1.54, 1.807) is 0 Å². The second kappa shape index (κ2) is 7.98. The van der Waals surface area contributed by atoms with E-state index in [2.05, 4.69) is 0 Å². The summed E-state index contributed by atoms with van der Waals surface area (Å²) in [4.78, 5) is 25.6. The Morgan fingerprint density at radius 3 is 2.55 bits per heavy atom. The summed E-state index contributed by atoms with van der Waals surface area (Å²) in [6, 6.07) is 21.1. The first-order valence-corrected chi connectivity index (χ1v) is 10.5. The number of hydrogen-bond acceptors (Lipinski definition) is 5. The number of carbonyl (C=O) groups is 1. The molecule has 0 saturated carbocycles. The standard InChI is InChI=1S/C27H21NO5/c1-16-26(19-10-6-7-11-20(19)28(16)2)23(31)15-32-18-12-21(29)27-22(30)14-24(33-25(27)13-18)17-8-4-3-5-9-17/h3-14,29H,15H2,1-2H3. The van der Waals surface area contributed by atoms with Crippen molar-refractivity contribution in [3.63, 3.8) is 0 Å². The zero-order valence-corrected chi connectivity index (χ0v) is 18.2. The Kier molecular flexibility index (Phi) is 4.98. The van der Waals surface area contributed by atoms with Gasteiger partial charge in [-0.25, -0.2) is 0 Å². The maximum absolute atomic E-state index is 13.0. The second-order valence-electron chi connectivity index (χ2n) is 7.90. The second-order valence-corrected chi connectivity index (χ2v) is 7.90. The molecule has 3 aromatic carbocycles. The first-order valence-electron chi connectivity index (χ1n) is 10.5. The molecule has 0 fully saturated rings. The predicted molar refractivity (Wildman–Crippen MR) is 127 cm³/mol. The number of rotatable bonds is 5. The summed E-state index contributed by atoms with van der Waals surface area (Å²) in [5.41, 5.74) is 2.99. The monoisotopic (exact) mass is 439 g/mol. The first kappa shape index (κ1) is 20.6. The zero-order chi connectivity index (χ0) is 23.1. The summed E-state index contributed by atoms with van der Waals surface area (Å²) in [6.07, 6.45) is 0. The van der Waals surface area contributed by atoms with Crippen molar-refractivity contribution in [3.05, 3.63) is 94.3 Å². The molecule has 2 heterocycles. The molecule has 6 heteroatoms. The number of aromatic hydroxyl groups is 1. The predicted octanol–water partition coefficient (Wildman–Crippen LogP) is 5.23. The van der Waals surface area contributed by atoms with Crippen molar-refractivity contribution in [2.75, 3.05) is 6.61 Å². The number of phenolic OH excluding ortho intramolecular Hbond substituents is 1. The van der Waals surface area contributed by atoms with Gasteiger partial charge >= 0.3 is 0 Å². The SMILES string of the molecule is Cc1c(C(=O)COc2cc(O)c3c(=O)cc(-c4ccccc4)oc3c2)c2ccccc2n1C. The lowest BCUT2D eigenvalue weighted by Crippen LogP contribution is -2.13. The summed E-state index contributed by atoms with van der Waals surface area (Å²) in [5.74, 6) is 0.180. The number of phenols is 1. The van der Waals surface area contributed by atoms with Crippen LogP contribution in [0.4, 0.5) is 0 Å². The average molecular weight is 439 g/mol. The van der Waals surface area contributed by atoms with E-state index in [0.29, 0.717) is 11.3 Å². The normalized spacial score (nSPS) is 11.2. The van der Waals surface area contributed by atoms with E-state index in [0.717, 1.165) is 22.2 Å². The summed E-state index contributed by atoms with van der Waals surface area (Å²) in [7, 11) is 1.92. The van der Waals surface area contributed by atoms with Gasteiger partial charge in [0.05, 0.1) is 0 Å². The zero-order valence-electron chi connectivity index (χ0n) is 18.2. The highest BCUT2D eigenvalue weighted by molar-refractivity contribution is 6.10. The number of para-hydroxylation sites is 1. The van der Waals surface area contributed by atoms with Crippen LogP contribution in [-0.2, 0) is 7.05 Å². The van der Waals surface area contributed by atoms with Gasteiger partial charge in [0.15, 0.2) is 12.0 Å². The quantitative estimate of drug-likeness (QED) is 0.379. The van der Waals surface area contributed by atoms with Crippen LogP contribution in [0.3, 0.4) is 0 Å². The summed E-state index contributed by atoms with van der Waals surface area (Å²) >= 11 is 0. The highest BCUT2D eigenvalue weighted by atomic mass is 16.5. The van der Waals surface area contributed by atoms with E-state index in [9.17, 15) is 14.7 Å². The Labute approximate surface area is 189 Å². The number of ether oxygens (including phenoxy) is 1. The van der Waals surface area contributed by atoms with Gasteiger partial charge in [0.25, 0.3) is 0 Å². The molecule has 0 spiro atoms. The van der Waals surface area contributed by atoms with Gasteiger partial charge in [0, 0.05) is 53.0 Å². The van der Waals surface area contributed by atoms with Crippen LogP contribution in [0.15, 0.2) is 82.0 Å². The Balaban J connectivity index is 1.48. The molecule has 6 nitrogen and oxygen atoms in total. The number of aromatic nitrogens is 1. The number of carbonyl (C=O) groups excluding carboxylic acids is 1. The Hall–Kier alpha value is -4.32. The molecule has 0 aliphatic rings. The molecular formula is C27H21NO5. The Bertz CT molecular complexity index is 1580. The van der Waals surface area contributed by atoms with Crippen LogP contribution < -0.4 is 10.2 Å². The molecule has 5 rings (SSSR count). The Morgan fingerprint density at radius 2 is 1.76 bits per heavy atom. The van der Waals surface area contributed by atoms with E-state index in [-0.39, 0.29) is 40.3 Å². The number of fused-ring (bicyclic) bond motifs is 2. The lowest BCUT2D eigenvalue weighted by atomic mass is 10.1. The van der Waals surface area contributed by atoms with Crippen LogP contribution in [0.1, 0.15) is 16.1 Å². The molecule has 0 aliphatic heterocycles. The lowest BCUT2D eigenvalue weighted by Gasteiger charge is -2.09. The summed E-state index contributed by atoms with van der Waals surface area (Å²) < 4.78 is 13.6. The highest BCUT2D eigenvalue weighted by Crippen LogP contribution is 2.31. The minimum atomic E-state index is -0.360. The molecule has 164 valence electrons. The van der Waals surface area contributed by atoms with Crippen molar-refractivity contribution in [2.24, 2.45) is 7.05 Å². The fourth-order valence-electron chi connectivity index (χ4n) is 4.17. The smallest absolute Gasteiger partial charge is 0.202 e. The van der Waals surface area contributed by atoms with Crippen molar-refractivity contribution in [2.45, 2.75) is 6.92 Å².